The summed E-state index contributed by atoms with van der Waals surface area (Å²) in [7, 11) is 0. The summed E-state index contributed by atoms with van der Waals surface area (Å²) in [5.74, 6) is 0.848. The molecule has 1 fully saturated rings. The normalized spacial score (nSPS) is 16.4. The Hall–Kier alpha value is -2.38. The maximum absolute atomic E-state index is 13.3. The maximum atomic E-state index is 13.3. The summed E-state index contributed by atoms with van der Waals surface area (Å²) in [5.41, 5.74) is 3.08. The standard InChI is InChI=1S/C22H23ClN4O2S/c1-13-5-6-15(23)12-16(13)25-8-10-26(11-9-25)22(29)19-14(2)18-20(30-19)24-17-4-3-7-27(17)21(18)28/h5-6,12H,3-4,7-11H2,1-2H3. The summed E-state index contributed by atoms with van der Waals surface area (Å²) in [4.78, 5) is 36.4. The Kier molecular flexibility index (Phi) is 4.82. The van der Waals surface area contributed by atoms with E-state index < -0.39 is 0 Å². The van der Waals surface area contributed by atoms with Crippen molar-refractivity contribution in [3.05, 3.63) is 55.4 Å². The molecule has 0 atom stereocenters. The van der Waals surface area contributed by atoms with E-state index in [9.17, 15) is 9.59 Å². The molecule has 1 amide bonds. The van der Waals surface area contributed by atoms with Gasteiger partial charge in [-0.2, -0.15) is 0 Å². The monoisotopic (exact) mass is 442 g/mol. The number of rotatable bonds is 2. The van der Waals surface area contributed by atoms with Crippen LogP contribution in [0, 0.1) is 13.8 Å². The van der Waals surface area contributed by atoms with Gasteiger partial charge in [-0.1, -0.05) is 17.7 Å². The third kappa shape index (κ3) is 3.11. The summed E-state index contributed by atoms with van der Waals surface area (Å²) in [5, 5.41) is 1.34. The van der Waals surface area contributed by atoms with Gasteiger partial charge in [0.15, 0.2) is 0 Å². The average molecular weight is 443 g/mol. The molecule has 0 saturated carbocycles. The molecule has 30 heavy (non-hydrogen) atoms. The number of halogens is 1. The third-order valence-corrected chi connectivity index (χ3v) is 7.59. The Balaban J connectivity index is 1.39. The van der Waals surface area contributed by atoms with Gasteiger partial charge in [-0.25, -0.2) is 4.98 Å². The van der Waals surface area contributed by atoms with Gasteiger partial charge in [0, 0.05) is 49.9 Å². The van der Waals surface area contributed by atoms with Gasteiger partial charge in [0.2, 0.25) is 0 Å². The molecule has 8 heteroatoms. The van der Waals surface area contributed by atoms with Crippen molar-refractivity contribution in [2.45, 2.75) is 33.2 Å². The molecule has 0 aliphatic carbocycles. The molecule has 1 aromatic carbocycles. The van der Waals surface area contributed by atoms with Crippen molar-refractivity contribution >= 4 is 44.7 Å². The number of aryl methyl sites for hydroxylation is 3. The molecule has 5 rings (SSSR count). The van der Waals surface area contributed by atoms with E-state index in [2.05, 4.69) is 16.8 Å². The van der Waals surface area contributed by atoms with Crippen LogP contribution in [0.1, 0.15) is 33.0 Å². The molecule has 2 aliphatic heterocycles. The largest absolute Gasteiger partial charge is 0.368 e. The van der Waals surface area contributed by atoms with Crippen LogP contribution >= 0.6 is 22.9 Å². The van der Waals surface area contributed by atoms with Gasteiger partial charge < -0.3 is 9.80 Å². The van der Waals surface area contributed by atoms with Crippen molar-refractivity contribution in [2.24, 2.45) is 0 Å². The highest BCUT2D eigenvalue weighted by atomic mass is 35.5. The Bertz CT molecular complexity index is 1220. The highest BCUT2D eigenvalue weighted by molar-refractivity contribution is 7.20. The number of aromatic nitrogens is 2. The molecule has 2 aromatic heterocycles. The molecule has 0 unspecified atom stereocenters. The lowest BCUT2D eigenvalue weighted by atomic mass is 10.1. The van der Waals surface area contributed by atoms with E-state index in [0.717, 1.165) is 54.6 Å². The molecule has 1 saturated heterocycles. The summed E-state index contributed by atoms with van der Waals surface area (Å²) < 4.78 is 1.77. The van der Waals surface area contributed by atoms with E-state index in [0.29, 0.717) is 28.2 Å². The summed E-state index contributed by atoms with van der Waals surface area (Å²) in [6.07, 6.45) is 1.79. The Morgan fingerprint density at radius 1 is 1.13 bits per heavy atom. The van der Waals surface area contributed by atoms with Crippen LogP contribution in [-0.4, -0.2) is 46.5 Å². The number of thiophene rings is 1. The van der Waals surface area contributed by atoms with Crippen molar-refractivity contribution in [3.8, 4) is 0 Å². The van der Waals surface area contributed by atoms with E-state index in [1.807, 2.05) is 30.0 Å². The zero-order valence-electron chi connectivity index (χ0n) is 17.1. The van der Waals surface area contributed by atoms with E-state index in [-0.39, 0.29) is 11.5 Å². The first-order valence-electron chi connectivity index (χ1n) is 10.3. The van der Waals surface area contributed by atoms with E-state index in [1.165, 1.54) is 16.9 Å². The quantitative estimate of drug-likeness (QED) is 0.608. The fraction of sp³-hybridized carbons (Fsp3) is 0.409. The number of piperazine rings is 1. The van der Waals surface area contributed by atoms with Gasteiger partial charge >= 0.3 is 0 Å². The zero-order valence-corrected chi connectivity index (χ0v) is 18.6. The number of amides is 1. The minimum Gasteiger partial charge on any atom is -0.368 e. The second kappa shape index (κ2) is 7.39. The van der Waals surface area contributed by atoms with Gasteiger partial charge in [-0.3, -0.25) is 14.2 Å². The molecule has 0 N–H and O–H groups in total. The lowest BCUT2D eigenvalue weighted by Crippen LogP contribution is -2.49. The minimum absolute atomic E-state index is 0.00144. The van der Waals surface area contributed by atoms with E-state index in [4.69, 9.17) is 11.6 Å². The lowest BCUT2D eigenvalue weighted by molar-refractivity contribution is 0.0751. The van der Waals surface area contributed by atoms with Crippen molar-refractivity contribution < 1.29 is 4.79 Å². The van der Waals surface area contributed by atoms with Gasteiger partial charge in [0.05, 0.1) is 10.3 Å². The molecular weight excluding hydrogens is 420 g/mol. The van der Waals surface area contributed by atoms with Crippen LogP contribution in [0.3, 0.4) is 0 Å². The van der Waals surface area contributed by atoms with Crippen molar-refractivity contribution in [3.63, 3.8) is 0 Å². The van der Waals surface area contributed by atoms with Crippen LogP contribution < -0.4 is 10.5 Å². The predicted octanol–water partition coefficient (Wildman–Crippen LogP) is 3.64. The van der Waals surface area contributed by atoms with Crippen LogP contribution in [0.25, 0.3) is 10.2 Å². The third-order valence-electron chi connectivity index (χ3n) is 6.18. The van der Waals surface area contributed by atoms with Crippen molar-refractivity contribution in [1.82, 2.24) is 14.5 Å². The fourth-order valence-corrected chi connectivity index (χ4v) is 5.82. The second-order valence-electron chi connectivity index (χ2n) is 8.03. The molecule has 0 spiro atoms. The molecule has 0 bridgehead atoms. The second-order valence-corrected chi connectivity index (χ2v) is 9.47. The number of hydrogen-bond acceptors (Lipinski definition) is 5. The Labute approximate surface area is 183 Å². The van der Waals surface area contributed by atoms with Crippen LogP contribution in [0.5, 0.6) is 0 Å². The average Bonchev–Trinajstić information content (AvgIpc) is 3.34. The molecular formula is C22H23ClN4O2S. The number of carbonyl (C=O) groups is 1. The molecule has 0 radical (unpaired) electrons. The topological polar surface area (TPSA) is 58.4 Å². The number of nitrogens with zero attached hydrogens (tertiary/aromatic N) is 4. The summed E-state index contributed by atoms with van der Waals surface area (Å²) >= 11 is 7.54. The smallest absolute Gasteiger partial charge is 0.264 e. The van der Waals surface area contributed by atoms with Crippen LogP contribution in [0.15, 0.2) is 23.0 Å². The number of benzene rings is 1. The highest BCUT2D eigenvalue weighted by Crippen LogP contribution is 2.31. The number of carbonyl (C=O) groups excluding carboxylic acids is 1. The zero-order chi connectivity index (χ0) is 21.0. The number of anilines is 1. The SMILES string of the molecule is Cc1ccc(Cl)cc1N1CCN(C(=O)c2sc3nc4n(c(=O)c3c2C)CCC4)CC1. The molecule has 156 valence electrons. The van der Waals surface area contributed by atoms with Gasteiger partial charge in [-0.15, -0.1) is 11.3 Å². The Morgan fingerprint density at radius 2 is 1.90 bits per heavy atom. The van der Waals surface area contributed by atoms with Gasteiger partial charge in [0.1, 0.15) is 10.7 Å². The van der Waals surface area contributed by atoms with Crippen LogP contribution in [0.4, 0.5) is 5.69 Å². The molecule has 4 heterocycles. The van der Waals surface area contributed by atoms with Gasteiger partial charge in [0.25, 0.3) is 11.5 Å². The first-order valence-corrected chi connectivity index (χ1v) is 11.5. The highest BCUT2D eigenvalue weighted by Gasteiger charge is 2.28. The van der Waals surface area contributed by atoms with Crippen molar-refractivity contribution in [2.75, 3.05) is 31.1 Å². The van der Waals surface area contributed by atoms with Crippen molar-refractivity contribution in [1.29, 1.82) is 0 Å². The molecule has 2 aliphatic rings. The number of hydrogen-bond donors (Lipinski definition) is 0. The number of fused-ring (bicyclic) bond motifs is 2. The van der Waals surface area contributed by atoms with E-state index >= 15 is 0 Å². The minimum atomic E-state index is 0.00144. The first-order chi connectivity index (χ1) is 14.4. The summed E-state index contributed by atoms with van der Waals surface area (Å²) in [6.45, 7) is 7.47. The predicted molar refractivity (Wildman–Crippen MR) is 121 cm³/mol. The van der Waals surface area contributed by atoms with Crippen LogP contribution in [0.2, 0.25) is 5.02 Å². The maximum Gasteiger partial charge on any atom is 0.264 e. The fourth-order valence-electron chi connectivity index (χ4n) is 4.50. The molecule has 6 nitrogen and oxygen atoms in total. The lowest BCUT2D eigenvalue weighted by Gasteiger charge is -2.36. The first kappa shape index (κ1) is 19.6. The molecule has 3 aromatic rings. The van der Waals surface area contributed by atoms with E-state index in [1.54, 1.807) is 4.57 Å². The Morgan fingerprint density at radius 3 is 2.67 bits per heavy atom. The van der Waals surface area contributed by atoms with Gasteiger partial charge in [-0.05, 0) is 43.5 Å². The summed E-state index contributed by atoms with van der Waals surface area (Å²) in [6, 6.07) is 5.92. The van der Waals surface area contributed by atoms with Crippen LogP contribution in [-0.2, 0) is 13.0 Å².